The Morgan fingerprint density at radius 3 is 2.36 bits per heavy atom. The number of fused-ring (bicyclic) bond motifs is 2. The number of carbonyl (C=O) groups excluding carboxylic acids is 1. The van der Waals surface area contributed by atoms with Gasteiger partial charge in [-0.1, -0.05) is 41.8 Å². The number of para-hydroxylation sites is 1. The van der Waals surface area contributed by atoms with E-state index >= 15 is 0 Å². The molecule has 0 aromatic heterocycles. The number of amides is 1. The van der Waals surface area contributed by atoms with E-state index in [-0.39, 0.29) is 33.0 Å². The van der Waals surface area contributed by atoms with E-state index in [1.54, 1.807) is 28.4 Å². The van der Waals surface area contributed by atoms with Crippen LogP contribution in [-0.4, -0.2) is 55.8 Å². The topological polar surface area (TPSA) is 66.9 Å². The summed E-state index contributed by atoms with van der Waals surface area (Å²) in [6, 6.07) is 11.3. The molecule has 0 N–H and O–H groups in total. The quantitative estimate of drug-likeness (QED) is 0.553. The third kappa shape index (κ3) is 5.32. The second-order valence-corrected chi connectivity index (χ2v) is 11.4. The molecule has 0 saturated heterocycles. The van der Waals surface area contributed by atoms with E-state index in [1.165, 1.54) is 18.2 Å². The summed E-state index contributed by atoms with van der Waals surface area (Å²) in [6.45, 7) is 0.860. The SMILES string of the molecule is CN1CCCCN(S(=O)(=O)c2cc(Cl)cc(Cl)c2)[C@@H]2CCCC[C@@H]2Oc2ccccc2C1=O. The Balaban J connectivity index is 1.76. The molecular formula is C24H28Cl2N2O4S. The average molecular weight is 511 g/mol. The highest BCUT2D eigenvalue weighted by Gasteiger charge is 2.39. The van der Waals surface area contributed by atoms with Gasteiger partial charge < -0.3 is 9.64 Å². The van der Waals surface area contributed by atoms with Gasteiger partial charge in [0.2, 0.25) is 10.0 Å². The maximum absolute atomic E-state index is 13.8. The van der Waals surface area contributed by atoms with Crippen LogP contribution in [0.2, 0.25) is 10.0 Å². The second-order valence-electron chi connectivity index (χ2n) is 8.66. The molecule has 2 aromatic carbocycles. The van der Waals surface area contributed by atoms with E-state index in [9.17, 15) is 13.2 Å². The molecule has 0 bridgehead atoms. The van der Waals surface area contributed by atoms with Crippen LogP contribution < -0.4 is 4.74 Å². The highest BCUT2D eigenvalue weighted by atomic mass is 35.5. The van der Waals surface area contributed by atoms with Crippen LogP contribution in [0.4, 0.5) is 0 Å². The lowest BCUT2D eigenvalue weighted by Crippen LogP contribution is -2.51. The standard InChI is InChI=1S/C24H28Cl2N2O4S/c1-27-12-6-7-13-28(33(30,31)19-15-17(25)14-18(26)16-19)21-9-3-5-11-23(21)32-22-10-4-2-8-20(22)24(27)29/h2,4,8,10,14-16,21,23H,3,5-7,9,11-13H2,1H3/t21-,23+/m1/s1. The first-order valence-electron chi connectivity index (χ1n) is 11.3. The first-order chi connectivity index (χ1) is 15.8. The smallest absolute Gasteiger partial charge is 0.257 e. The van der Waals surface area contributed by atoms with Gasteiger partial charge >= 0.3 is 0 Å². The molecule has 33 heavy (non-hydrogen) atoms. The largest absolute Gasteiger partial charge is 0.488 e. The van der Waals surface area contributed by atoms with Crippen LogP contribution in [0.25, 0.3) is 0 Å². The molecule has 1 aliphatic heterocycles. The Morgan fingerprint density at radius 1 is 0.939 bits per heavy atom. The normalized spacial score (nSPS) is 23.0. The van der Waals surface area contributed by atoms with Gasteiger partial charge in [-0.25, -0.2) is 8.42 Å². The number of nitrogens with zero attached hydrogens (tertiary/aromatic N) is 2. The molecule has 9 heteroatoms. The average Bonchev–Trinajstić information content (AvgIpc) is 2.78. The maximum atomic E-state index is 13.8. The summed E-state index contributed by atoms with van der Waals surface area (Å²) >= 11 is 12.3. The van der Waals surface area contributed by atoms with Crippen molar-refractivity contribution < 1.29 is 17.9 Å². The van der Waals surface area contributed by atoms with Crippen LogP contribution in [0.1, 0.15) is 48.9 Å². The predicted molar refractivity (Wildman–Crippen MR) is 130 cm³/mol. The summed E-state index contributed by atoms with van der Waals surface area (Å²) in [7, 11) is -2.10. The summed E-state index contributed by atoms with van der Waals surface area (Å²) < 4.78 is 35.6. The van der Waals surface area contributed by atoms with Crippen LogP contribution >= 0.6 is 23.2 Å². The first kappa shape index (κ1) is 24.3. The third-order valence-corrected chi connectivity index (χ3v) is 8.68. The Labute approximate surface area is 205 Å². The first-order valence-corrected chi connectivity index (χ1v) is 13.5. The van der Waals surface area contributed by atoms with E-state index in [4.69, 9.17) is 27.9 Å². The van der Waals surface area contributed by atoms with Gasteiger partial charge in [-0.3, -0.25) is 4.79 Å². The van der Waals surface area contributed by atoms with Crippen LogP contribution in [0.5, 0.6) is 5.75 Å². The minimum atomic E-state index is -3.86. The van der Waals surface area contributed by atoms with Crippen molar-refractivity contribution in [3.8, 4) is 5.75 Å². The highest BCUT2D eigenvalue weighted by molar-refractivity contribution is 7.89. The monoisotopic (exact) mass is 510 g/mol. The summed E-state index contributed by atoms with van der Waals surface area (Å²) in [5.74, 6) is 0.409. The zero-order valence-electron chi connectivity index (χ0n) is 18.5. The van der Waals surface area contributed by atoms with E-state index in [0.717, 1.165) is 12.8 Å². The second kappa shape index (κ2) is 10.2. The maximum Gasteiger partial charge on any atom is 0.257 e. The molecule has 1 heterocycles. The molecule has 1 fully saturated rings. The Kier molecular flexibility index (Phi) is 7.53. The van der Waals surface area contributed by atoms with Gasteiger partial charge in [-0.05, 0) is 62.4 Å². The summed E-state index contributed by atoms with van der Waals surface area (Å²) in [6.07, 6.45) is 4.20. The lowest BCUT2D eigenvalue weighted by Gasteiger charge is -2.39. The summed E-state index contributed by atoms with van der Waals surface area (Å²) in [5.41, 5.74) is 0.501. The number of rotatable bonds is 2. The van der Waals surface area contributed by atoms with Crippen molar-refractivity contribution in [3.63, 3.8) is 0 Å². The molecular weight excluding hydrogens is 483 g/mol. The van der Waals surface area contributed by atoms with Gasteiger partial charge in [0.25, 0.3) is 5.91 Å². The molecule has 6 nitrogen and oxygen atoms in total. The minimum absolute atomic E-state index is 0.0865. The zero-order valence-corrected chi connectivity index (χ0v) is 20.9. The fourth-order valence-corrected chi connectivity index (χ4v) is 7.10. The zero-order chi connectivity index (χ0) is 23.6. The fourth-order valence-electron chi connectivity index (χ4n) is 4.65. The van der Waals surface area contributed by atoms with E-state index < -0.39 is 10.0 Å². The molecule has 0 radical (unpaired) electrons. The van der Waals surface area contributed by atoms with Crippen molar-refractivity contribution in [2.24, 2.45) is 0 Å². The Morgan fingerprint density at radius 2 is 1.61 bits per heavy atom. The van der Waals surface area contributed by atoms with Gasteiger partial charge in [0.15, 0.2) is 0 Å². The van der Waals surface area contributed by atoms with Crippen molar-refractivity contribution in [3.05, 3.63) is 58.1 Å². The highest BCUT2D eigenvalue weighted by Crippen LogP contribution is 2.34. The van der Waals surface area contributed by atoms with Crippen LogP contribution in [0.3, 0.4) is 0 Å². The molecule has 2 aromatic rings. The molecule has 1 aliphatic carbocycles. The van der Waals surface area contributed by atoms with Gasteiger partial charge in [0.1, 0.15) is 11.9 Å². The minimum Gasteiger partial charge on any atom is -0.488 e. The number of halogens is 2. The molecule has 0 unspecified atom stereocenters. The number of carbonyl (C=O) groups is 1. The van der Waals surface area contributed by atoms with E-state index in [0.29, 0.717) is 50.1 Å². The summed E-state index contributed by atoms with van der Waals surface area (Å²) in [5, 5.41) is 0.557. The number of hydrogen-bond donors (Lipinski definition) is 0. The van der Waals surface area contributed by atoms with Gasteiger partial charge in [0.05, 0.1) is 16.5 Å². The van der Waals surface area contributed by atoms with Crippen molar-refractivity contribution in [1.82, 2.24) is 9.21 Å². The molecule has 1 amide bonds. The fraction of sp³-hybridized carbons (Fsp3) is 0.458. The number of hydrogen-bond acceptors (Lipinski definition) is 4. The van der Waals surface area contributed by atoms with Crippen LogP contribution in [0.15, 0.2) is 47.4 Å². The molecule has 4 rings (SSSR count). The summed E-state index contributed by atoms with van der Waals surface area (Å²) in [4.78, 5) is 14.8. The van der Waals surface area contributed by atoms with Crippen molar-refractivity contribution in [2.75, 3.05) is 20.1 Å². The van der Waals surface area contributed by atoms with Crippen LogP contribution in [0, 0.1) is 0 Å². The molecule has 2 atom stereocenters. The predicted octanol–water partition coefficient (Wildman–Crippen LogP) is 5.24. The van der Waals surface area contributed by atoms with Crippen molar-refractivity contribution in [2.45, 2.75) is 55.6 Å². The molecule has 178 valence electrons. The third-order valence-electron chi connectivity index (χ3n) is 6.34. The molecule has 2 aliphatic rings. The molecule has 1 saturated carbocycles. The Bertz CT molecular complexity index is 1100. The number of ether oxygens (including phenoxy) is 1. The molecule has 0 spiro atoms. The van der Waals surface area contributed by atoms with Gasteiger partial charge in [-0.2, -0.15) is 4.31 Å². The van der Waals surface area contributed by atoms with Gasteiger partial charge in [0, 0.05) is 30.2 Å². The van der Waals surface area contributed by atoms with Gasteiger partial charge in [-0.15, -0.1) is 0 Å². The lowest BCUT2D eigenvalue weighted by molar-refractivity contribution is 0.0658. The lowest BCUT2D eigenvalue weighted by atomic mass is 9.92. The van der Waals surface area contributed by atoms with E-state index in [1.807, 2.05) is 12.1 Å². The van der Waals surface area contributed by atoms with Crippen LogP contribution in [-0.2, 0) is 10.0 Å². The van der Waals surface area contributed by atoms with Crippen molar-refractivity contribution in [1.29, 1.82) is 0 Å². The Hall–Kier alpha value is -1.80. The number of benzene rings is 2. The van der Waals surface area contributed by atoms with E-state index in [2.05, 4.69) is 0 Å². The van der Waals surface area contributed by atoms with Crippen molar-refractivity contribution >= 4 is 39.1 Å². The number of sulfonamides is 1.